The SMILES string of the molecule is CCC1CCCC/C1=C(/C#N)C(=O)O. The molecule has 1 N–H and O–H groups in total. The van der Waals surface area contributed by atoms with Gasteiger partial charge in [0.1, 0.15) is 11.6 Å². The molecular weight excluding hydrogens is 178 g/mol. The maximum atomic E-state index is 10.8. The number of allylic oxidation sites excluding steroid dienone is 1. The molecule has 1 saturated carbocycles. The average molecular weight is 193 g/mol. The molecule has 1 aliphatic rings. The van der Waals surface area contributed by atoms with Crippen LogP contribution in [0.25, 0.3) is 0 Å². The number of hydrogen-bond donors (Lipinski definition) is 1. The Kier molecular flexibility index (Phi) is 3.70. The van der Waals surface area contributed by atoms with Gasteiger partial charge in [0, 0.05) is 0 Å². The summed E-state index contributed by atoms with van der Waals surface area (Å²) in [5.74, 6) is -0.752. The largest absolute Gasteiger partial charge is 0.477 e. The number of carbonyl (C=O) groups is 1. The van der Waals surface area contributed by atoms with E-state index in [2.05, 4.69) is 0 Å². The summed E-state index contributed by atoms with van der Waals surface area (Å²) >= 11 is 0. The van der Waals surface area contributed by atoms with Crippen molar-refractivity contribution in [2.24, 2.45) is 5.92 Å². The first-order chi connectivity index (χ1) is 6.70. The summed E-state index contributed by atoms with van der Waals surface area (Å²) in [7, 11) is 0. The number of nitriles is 1. The van der Waals surface area contributed by atoms with Crippen LogP contribution in [0.2, 0.25) is 0 Å². The minimum absolute atomic E-state index is 0.0171. The van der Waals surface area contributed by atoms with Gasteiger partial charge in [-0.25, -0.2) is 4.79 Å². The Morgan fingerprint density at radius 1 is 1.64 bits per heavy atom. The monoisotopic (exact) mass is 193 g/mol. The van der Waals surface area contributed by atoms with Crippen LogP contribution in [0.5, 0.6) is 0 Å². The van der Waals surface area contributed by atoms with Gasteiger partial charge in [-0.05, 0) is 37.2 Å². The lowest BCUT2D eigenvalue weighted by Crippen LogP contribution is -2.14. The summed E-state index contributed by atoms with van der Waals surface area (Å²) in [5, 5.41) is 17.6. The van der Waals surface area contributed by atoms with Crippen molar-refractivity contribution in [1.82, 2.24) is 0 Å². The topological polar surface area (TPSA) is 61.1 Å². The summed E-state index contributed by atoms with van der Waals surface area (Å²) in [6, 6.07) is 1.82. The van der Waals surface area contributed by atoms with E-state index in [-0.39, 0.29) is 5.57 Å². The summed E-state index contributed by atoms with van der Waals surface area (Å²) in [6.07, 6.45) is 4.93. The molecule has 3 nitrogen and oxygen atoms in total. The highest BCUT2D eigenvalue weighted by molar-refractivity contribution is 5.92. The molecule has 0 heterocycles. The molecule has 1 unspecified atom stereocenters. The van der Waals surface area contributed by atoms with E-state index in [0.717, 1.165) is 37.7 Å². The molecule has 0 aromatic rings. The minimum Gasteiger partial charge on any atom is -0.477 e. The highest BCUT2D eigenvalue weighted by atomic mass is 16.4. The molecule has 3 heteroatoms. The molecule has 0 amide bonds. The molecule has 0 aromatic heterocycles. The lowest BCUT2D eigenvalue weighted by molar-refractivity contribution is -0.132. The molecule has 1 rings (SSSR count). The Morgan fingerprint density at radius 2 is 2.36 bits per heavy atom. The highest BCUT2D eigenvalue weighted by Gasteiger charge is 2.23. The molecule has 76 valence electrons. The molecule has 1 aliphatic carbocycles. The molecule has 1 atom stereocenters. The van der Waals surface area contributed by atoms with Crippen molar-refractivity contribution < 1.29 is 9.90 Å². The number of aliphatic carboxylic acids is 1. The van der Waals surface area contributed by atoms with E-state index in [0.29, 0.717) is 5.92 Å². The van der Waals surface area contributed by atoms with E-state index >= 15 is 0 Å². The Morgan fingerprint density at radius 3 is 2.86 bits per heavy atom. The van der Waals surface area contributed by atoms with Crippen molar-refractivity contribution in [1.29, 1.82) is 5.26 Å². The second-order valence-electron chi connectivity index (χ2n) is 3.67. The van der Waals surface area contributed by atoms with Crippen LogP contribution in [-0.2, 0) is 4.79 Å². The number of hydrogen-bond acceptors (Lipinski definition) is 2. The quantitative estimate of drug-likeness (QED) is 0.541. The third-order valence-corrected chi connectivity index (χ3v) is 2.88. The fraction of sp³-hybridized carbons (Fsp3) is 0.636. The van der Waals surface area contributed by atoms with Crippen LogP contribution in [0, 0.1) is 17.2 Å². The van der Waals surface area contributed by atoms with Crippen molar-refractivity contribution >= 4 is 5.97 Å². The first kappa shape index (κ1) is 10.8. The van der Waals surface area contributed by atoms with Crippen molar-refractivity contribution in [2.75, 3.05) is 0 Å². The van der Waals surface area contributed by atoms with Crippen molar-refractivity contribution in [3.63, 3.8) is 0 Å². The van der Waals surface area contributed by atoms with Gasteiger partial charge in [0.25, 0.3) is 0 Å². The van der Waals surface area contributed by atoms with Gasteiger partial charge >= 0.3 is 5.97 Å². The van der Waals surface area contributed by atoms with Gasteiger partial charge in [-0.1, -0.05) is 13.3 Å². The van der Waals surface area contributed by atoms with Gasteiger partial charge in [0.2, 0.25) is 0 Å². The van der Waals surface area contributed by atoms with Crippen LogP contribution in [-0.4, -0.2) is 11.1 Å². The number of rotatable bonds is 2. The number of carboxylic acid groups (broad SMARTS) is 1. The third-order valence-electron chi connectivity index (χ3n) is 2.88. The van der Waals surface area contributed by atoms with Crippen LogP contribution in [0.15, 0.2) is 11.1 Å². The summed E-state index contributed by atoms with van der Waals surface area (Å²) < 4.78 is 0. The molecule has 0 bridgehead atoms. The average Bonchev–Trinajstić information content (AvgIpc) is 2.19. The highest BCUT2D eigenvalue weighted by Crippen LogP contribution is 2.33. The first-order valence-corrected chi connectivity index (χ1v) is 5.07. The predicted octanol–water partition coefficient (Wildman–Crippen LogP) is 2.49. The van der Waals surface area contributed by atoms with E-state index in [9.17, 15) is 4.79 Å². The molecule has 1 fully saturated rings. The Labute approximate surface area is 84.0 Å². The molecule has 0 spiro atoms. The Balaban J connectivity index is 3.00. The van der Waals surface area contributed by atoms with E-state index in [4.69, 9.17) is 10.4 Å². The molecule has 0 aliphatic heterocycles. The zero-order chi connectivity index (χ0) is 10.6. The maximum Gasteiger partial charge on any atom is 0.346 e. The molecule has 0 saturated heterocycles. The van der Waals surface area contributed by atoms with E-state index in [1.165, 1.54) is 0 Å². The van der Waals surface area contributed by atoms with Gasteiger partial charge in [-0.2, -0.15) is 5.26 Å². The fourth-order valence-corrected chi connectivity index (χ4v) is 2.12. The number of carboxylic acids is 1. The smallest absolute Gasteiger partial charge is 0.346 e. The number of nitrogens with zero attached hydrogens (tertiary/aromatic N) is 1. The molecule has 14 heavy (non-hydrogen) atoms. The second kappa shape index (κ2) is 4.80. The zero-order valence-corrected chi connectivity index (χ0v) is 8.42. The van der Waals surface area contributed by atoms with Crippen LogP contribution >= 0.6 is 0 Å². The molecule has 0 aromatic carbocycles. The van der Waals surface area contributed by atoms with Crippen molar-refractivity contribution in [2.45, 2.75) is 39.0 Å². The van der Waals surface area contributed by atoms with Crippen LogP contribution in [0.4, 0.5) is 0 Å². The van der Waals surface area contributed by atoms with Gasteiger partial charge in [-0.3, -0.25) is 0 Å². The molecular formula is C11H15NO2. The van der Waals surface area contributed by atoms with E-state index in [1.807, 2.05) is 13.0 Å². The maximum absolute atomic E-state index is 10.8. The lowest BCUT2D eigenvalue weighted by atomic mass is 9.80. The standard InChI is InChI=1S/C11H15NO2/c1-2-8-5-3-4-6-9(8)10(7-12)11(13)14/h8H,2-6H2,1H3,(H,13,14)/b10-9+. The van der Waals surface area contributed by atoms with Crippen LogP contribution < -0.4 is 0 Å². The van der Waals surface area contributed by atoms with Crippen LogP contribution in [0.3, 0.4) is 0 Å². The van der Waals surface area contributed by atoms with Gasteiger partial charge in [0.15, 0.2) is 0 Å². The van der Waals surface area contributed by atoms with Crippen molar-refractivity contribution in [3.8, 4) is 6.07 Å². The van der Waals surface area contributed by atoms with Crippen LogP contribution in [0.1, 0.15) is 39.0 Å². The second-order valence-corrected chi connectivity index (χ2v) is 3.67. The van der Waals surface area contributed by atoms with E-state index in [1.54, 1.807) is 0 Å². The molecule has 0 radical (unpaired) electrons. The van der Waals surface area contributed by atoms with Gasteiger partial charge in [0.05, 0.1) is 0 Å². The third kappa shape index (κ3) is 2.14. The first-order valence-electron chi connectivity index (χ1n) is 5.07. The predicted molar refractivity (Wildman–Crippen MR) is 52.5 cm³/mol. The summed E-state index contributed by atoms with van der Waals surface area (Å²) in [5.41, 5.74) is 0.852. The minimum atomic E-state index is -1.07. The van der Waals surface area contributed by atoms with Gasteiger partial charge < -0.3 is 5.11 Å². The zero-order valence-electron chi connectivity index (χ0n) is 8.42. The Bertz CT molecular complexity index is 299. The Hall–Kier alpha value is -1.30. The van der Waals surface area contributed by atoms with Gasteiger partial charge in [-0.15, -0.1) is 0 Å². The van der Waals surface area contributed by atoms with Crippen molar-refractivity contribution in [3.05, 3.63) is 11.1 Å². The summed E-state index contributed by atoms with van der Waals surface area (Å²) in [6.45, 7) is 2.05. The summed E-state index contributed by atoms with van der Waals surface area (Å²) in [4.78, 5) is 10.8. The lowest BCUT2D eigenvalue weighted by Gasteiger charge is -2.24. The fourth-order valence-electron chi connectivity index (χ4n) is 2.12. The normalized spacial score (nSPS) is 25.3. The van der Waals surface area contributed by atoms with E-state index < -0.39 is 5.97 Å².